The topological polar surface area (TPSA) is 17.8 Å². The molecule has 2 heterocycles. The fourth-order valence-corrected chi connectivity index (χ4v) is 3.98. The molecule has 22 heavy (non-hydrogen) atoms. The zero-order valence-corrected chi connectivity index (χ0v) is 15.0. The third-order valence-corrected chi connectivity index (χ3v) is 5.24. The first-order valence-electron chi connectivity index (χ1n) is 6.66. The fraction of sp³-hybridized carbons (Fsp3) is 0.188. The predicted octanol–water partition coefficient (Wildman–Crippen LogP) is 5.76. The van der Waals surface area contributed by atoms with Crippen molar-refractivity contribution in [2.45, 2.75) is 20.3 Å². The molecule has 1 aromatic carbocycles. The maximum absolute atomic E-state index is 13.1. The molecular weight excluding hydrogens is 417 g/mol. The number of nitrogens with zero attached hydrogens (tertiary/aromatic N) is 2. The van der Waals surface area contributed by atoms with E-state index in [1.165, 1.54) is 6.20 Å². The number of halogens is 3. The first-order valence-corrected chi connectivity index (χ1v) is 8.56. The molecule has 0 fully saturated rings. The van der Waals surface area contributed by atoms with Gasteiger partial charge in [-0.2, -0.15) is 0 Å². The summed E-state index contributed by atoms with van der Waals surface area (Å²) in [5, 5.41) is 0. The summed E-state index contributed by atoms with van der Waals surface area (Å²) >= 11 is 3.76. The molecule has 3 aromatic rings. The average molecular weight is 430 g/mol. The number of thiophene rings is 1. The van der Waals surface area contributed by atoms with E-state index in [9.17, 15) is 8.78 Å². The van der Waals surface area contributed by atoms with Crippen LogP contribution >= 0.6 is 33.9 Å². The molecule has 0 unspecified atom stereocenters. The van der Waals surface area contributed by atoms with Crippen LogP contribution in [-0.2, 0) is 0 Å². The van der Waals surface area contributed by atoms with Crippen molar-refractivity contribution in [3.63, 3.8) is 0 Å². The molecule has 2 nitrogen and oxygen atoms in total. The molecular formula is C16H13F2IN2S. The first-order chi connectivity index (χ1) is 10.5. The molecule has 2 aromatic heterocycles. The Bertz CT molecular complexity index is 823. The van der Waals surface area contributed by atoms with Crippen molar-refractivity contribution in [2.75, 3.05) is 0 Å². The van der Waals surface area contributed by atoms with Gasteiger partial charge in [0.05, 0.1) is 13.4 Å². The van der Waals surface area contributed by atoms with Gasteiger partial charge in [0.15, 0.2) is 5.82 Å². The number of aromatic nitrogens is 2. The number of imidazole rings is 1. The second-order valence-corrected chi connectivity index (χ2v) is 8.03. The van der Waals surface area contributed by atoms with Gasteiger partial charge in [0.25, 0.3) is 6.43 Å². The lowest BCUT2D eigenvalue weighted by Crippen LogP contribution is -1.98. The molecule has 0 atom stereocenters. The van der Waals surface area contributed by atoms with E-state index in [1.807, 2.05) is 44.2 Å². The summed E-state index contributed by atoms with van der Waals surface area (Å²) < 4.78 is 29.0. The van der Waals surface area contributed by atoms with E-state index in [0.29, 0.717) is 5.82 Å². The molecule has 0 aliphatic rings. The van der Waals surface area contributed by atoms with E-state index >= 15 is 0 Å². The van der Waals surface area contributed by atoms with Crippen molar-refractivity contribution in [1.29, 1.82) is 0 Å². The summed E-state index contributed by atoms with van der Waals surface area (Å²) in [6, 6.07) is 9.85. The lowest BCUT2D eigenvalue weighted by atomic mass is 10.1. The number of hydrogen-bond donors (Lipinski definition) is 0. The minimum Gasteiger partial charge on any atom is -0.298 e. The van der Waals surface area contributed by atoms with Gasteiger partial charge in [0.2, 0.25) is 0 Å². The third-order valence-electron chi connectivity index (χ3n) is 3.35. The van der Waals surface area contributed by atoms with Crippen molar-refractivity contribution in [3.8, 4) is 16.4 Å². The molecule has 3 rings (SSSR count). The largest absolute Gasteiger partial charge is 0.298 e. The average Bonchev–Trinajstić information content (AvgIpc) is 3.05. The van der Waals surface area contributed by atoms with Crippen LogP contribution in [0.3, 0.4) is 0 Å². The van der Waals surface area contributed by atoms with Crippen LogP contribution in [0.5, 0.6) is 0 Å². The molecule has 0 spiro atoms. The maximum atomic E-state index is 13.1. The van der Waals surface area contributed by atoms with Crippen LogP contribution in [0, 0.1) is 16.7 Å². The van der Waals surface area contributed by atoms with Gasteiger partial charge >= 0.3 is 0 Å². The number of aryl methyl sites for hydroxylation is 2. The van der Waals surface area contributed by atoms with Crippen LogP contribution in [0.15, 0.2) is 36.5 Å². The molecule has 114 valence electrons. The summed E-state index contributed by atoms with van der Waals surface area (Å²) in [6.07, 6.45) is -1.14. The molecule has 0 bridgehead atoms. The normalized spacial score (nSPS) is 11.4. The minimum atomic E-state index is -2.58. The molecule has 6 heteroatoms. The first kappa shape index (κ1) is 15.6. The van der Waals surface area contributed by atoms with Gasteiger partial charge in [-0.3, -0.25) is 4.57 Å². The van der Waals surface area contributed by atoms with E-state index in [-0.39, 0.29) is 5.69 Å². The molecule has 0 aliphatic heterocycles. The SMILES string of the molecule is Cc1ccc(-n2cc(C(F)F)nc2-c2ccc(I)s2)c(C)c1. The molecule has 0 saturated carbocycles. The maximum Gasteiger partial charge on any atom is 0.281 e. The van der Waals surface area contributed by atoms with E-state index in [0.717, 1.165) is 24.6 Å². The molecule has 0 N–H and O–H groups in total. The van der Waals surface area contributed by atoms with Crippen molar-refractivity contribution >= 4 is 33.9 Å². The summed E-state index contributed by atoms with van der Waals surface area (Å²) in [7, 11) is 0. The Morgan fingerprint density at radius 1 is 1.18 bits per heavy atom. The highest BCUT2D eigenvalue weighted by atomic mass is 127. The van der Waals surface area contributed by atoms with Gasteiger partial charge in [-0.15, -0.1) is 11.3 Å². The zero-order valence-electron chi connectivity index (χ0n) is 12.0. The van der Waals surface area contributed by atoms with Crippen molar-refractivity contribution < 1.29 is 8.78 Å². The van der Waals surface area contributed by atoms with E-state index in [4.69, 9.17) is 0 Å². The summed E-state index contributed by atoms with van der Waals surface area (Å²) in [6.45, 7) is 3.99. The quantitative estimate of drug-likeness (QED) is 0.484. The van der Waals surface area contributed by atoms with Crippen molar-refractivity contribution in [1.82, 2.24) is 9.55 Å². The smallest absolute Gasteiger partial charge is 0.281 e. The minimum absolute atomic E-state index is 0.196. The molecule has 0 saturated heterocycles. The number of benzene rings is 1. The molecule has 0 radical (unpaired) electrons. The van der Waals surface area contributed by atoms with Gasteiger partial charge in [0, 0.05) is 6.20 Å². The Morgan fingerprint density at radius 3 is 2.55 bits per heavy atom. The van der Waals surface area contributed by atoms with Crippen LogP contribution in [0.2, 0.25) is 0 Å². The highest BCUT2D eigenvalue weighted by Crippen LogP contribution is 2.33. The Hall–Kier alpha value is -1.28. The van der Waals surface area contributed by atoms with Crippen LogP contribution in [0.4, 0.5) is 8.78 Å². The Kier molecular flexibility index (Phi) is 4.31. The Balaban J connectivity index is 2.21. The van der Waals surface area contributed by atoms with E-state index in [2.05, 4.69) is 27.6 Å². The lowest BCUT2D eigenvalue weighted by Gasteiger charge is -2.10. The van der Waals surface area contributed by atoms with E-state index < -0.39 is 6.43 Å². The standard InChI is InChI=1S/C16H13F2IN2S/c1-9-3-4-12(10(2)7-9)21-8-11(15(17)18)20-16(21)13-5-6-14(19)22-13/h3-8,15H,1-2H3. The van der Waals surface area contributed by atoms with Crippen LogP contribution in [-0.4, -0.2) is 9.55 Å². The summed E-state index contributed by atoms with van der Waals surface area (Å²) in [4.78, 5) is 5.04. The van der Waals surface area contributed by atoms with Crippen LogP contribution in [0.25, 0.3) is 16.4 Å². The highest BCUT2D eigenvalue weighted by molar-refractivity contribution is 14.1. The zero-order chi connectivity index (χ0) is 15.9. The van der Waals surface area contributed by atoms with Crippen LogP contribution < -0.4 is 0 Å². The highest BCUT2D eigenvalue weighted by Gasteiger charge is 2.19. The van der Waals surface area contributed by atoms with Crippen molar-refractivity contribution in [3.05, 3.63) is 56.2 Å². The number of rotatable bonds is 3. The van der Waals surface area contributed by atoms with Crippen molar-refractivity contribution in [2.24, 2.45) is 0 Å². The van der Waals surface area contributed by atoms with Gasteiger partial charge in [-0.25, -0.2) is 13.8 Å². The lowest BCUT2D eigenvalue weighted by molar-refractivity contribution is 0.146. The van der Waals surface area contributed by atoms with Gasteiger partial charge < -0.3 is 0 Å². The summed E-state index contributed by atoms with van der Waals surface area (Å²) in [5.74, 6) is 0.565. The Morgan fingerprint density at radius 2 is 1.95 bits per heavy atom. The molecule has 0 aliphatic carbocycles. The molecule has 0 amide bonds. The number of hydrogen-bond acceptors (Lipinski definition) is 2. The van der Waals surface area contributed by atoms with Gasteiger partial charge in [-0.1, -0.05) is 17.7 Å². The fourth-order valence-electron chi connectivity index (χ4n) is 2.37. The van der Waals surface area contributed by atoms with Gasteiger partial charge in [-0.05, 0) is 60.2 Å². The second-order valence-electron chi connectivity index (χ2n) is 5.05. The third kappa shape index (κ3) is 2.94. The predicted molar refractivity (Wildman–Crippen MR) is 94.0 cm³/mol. The Labute approximate surface area is 145 Å². The van der Waals surface area contributed by atoms with E-state index in [1.54, 1.807) is 15.9 Å². The monoisotopic (exact) mass is 430 g/mol. The number of alkyl halides is 2. The second kappa shape index (κ2) is 6.08. The van der Waals surface area contributed by atoms with Gasteiger partial charge in [0.1, 0.15) is 5.69 Å². The van der Waals surface area contributed by atoms with Crippen LogP contribution in [0.1, 0.15) is 23.2 Å². The summed E-state index contributed by atoms with van der Waals surface area (Å²) in [5.41, 5.74) is 2.86.